The van der Waals surface area contributed by atoms with Gasteiger partial charge < -0.3 is 10.1 Å². The van der Waals surface area contributed by atoms with Crippen molar-refractivity contribution >= 4 is 11.8 Å². The predicted octanol–water partition coefficient (Wildman–Crippen LogP) is 2.79. The first kappa shape index (κ1) is 11.8. The van der Waals surface area contributed by atoms with Crippen LogP contribution in [0.4, 0.5) is 0 Å². The number of thioether (sulfide) groups is 1. The van der Waals surface area contributed by atoms with Gasteiger partial charge in [-0.3, -0.25) is 0 Å². The van der Waals surface area contributed by atoms with Crippen LogP contribution in [0, 0.1) is 5.92 Å². The average Bonchev–Trinajstić information content (AvgIpc) is 2.38. The quantitative estimate of drug-likeness (QED) is 0.814. The second-order valence-electron chi connectivity index (χ2n) is 4.16. The number of rotatable bonds is 4. The lowest BCUT2D eigenvalue weighted by atomic mass is 10.0. The van der Waals surface area contributed by atoms with Gasteiger partial charge in [0.15, 0.2) is 0 Å². The molecule has 1 aromatic rings. The lowest BCUT2D eigenvalue weighted by Gasteiger charge is -2.22. The third-order valence-corrected chi connectivity index (χ3v) is 4.29. The summed E-state index contributed by atoms with van der Waals surface area (Å²) < 4.78 is 5.35. The number of methoxy groups -OCH3 is 1. The SMILES string of the molecule is COc1ccccc1SCC1CCNCC1. The smallest absolute Gasteiger partial charge is 0.132 e. The van der Waals surface area contributed by atoms with Gasteiger partial charge in [0.1, 0.15) is 5.75 Å². The standard InChI is InChI=1S/C13H19NOS/c1-15-12-4-2-3-5-13(12)16-10-11-6-8-14-9-7-11/h2-5,11,14H,6-10H2,1H3. The van der Waals surface area contributed by atoms with Crippen molar-refractivity contribution in [1.82, 2.24) is 5.32 Å². The lowest BCUT2D eigenvalue weighted by molar-refractivity contribution is 0.402. The Labute approximate surface area is 102 Å². The number of nitrogens with one attached hydrogen (secondary N) is 1. The summed E-state index contributed by atoms with van der Waals surface area (Å²) in [6.45, 7) is 2.36. The molecule has 0 amide bonds. The topological polar surface area (TPSA) is 21.3 Å². The van der Waals surface area contributed by atoms with E-state index in [1.54, 1.807) is 7.11 Å². The Kier molecular flexibility index (Phi) is 4.55. The molecule has 1 N–H and O–H groups in total. The second kappa shape index (κ2) is 6.16. The third kappa shape index (κ3) is 3.16. The van der Waals surface area contributed by atoms with E-state index >= 15 is 0 Å². The zero-order valence-corrected chi connectivity index (χ0v) is 10.6. The molecule has 1 aromatic carbocycles. The summed E-state index contributed by atoms with van der Waals surface area (Å²) in [7, 11) is 1.74. The van der Waals surface area contributed by atoms with Gasteiger partial charge in [-0.15, -0.1) is 11.8 Å². The van der Waals surface area contributed by atoms with Crippen molar-refractivity contribution in [3.05, 3.63) is 24.3 Å². The zero-order chi connectivity index (χ0) is 11.2. The maximum atomic E-state index is 5.35. The fourth-order valence-electron chi connectivity index (χ4n) is 1.99. The molecule has 1 saturated heterocycles. The molecule has 1 fully saturated rings. The van der Waals surface area contributed by atoms with Crippen LogP contribution in [-0.4, -0.2) is 26.0 Å². The highest BCUT2D eigenvalue weighted by Gasteiger charge is 2.13. The van der Waals surface area contributed by atoms with Crippen LogP contribution in [0.25, 0.3) is 0 Å². The van der Waals surface area contributed by atoms with E-state index in [4.69, 9.17) is 4.74 Å². The van der Waals surface area contributed by atoms with Crippen molar-refractivity contribution in [3.63, 3.8) is 0 Å². The first-order valence-electron chi connectivity index (χ1n) is 5.86. The number of hydrogen-bond donors (Lipinski definition) is 1. The number of benzene rings is 1. The summed E-state index contributed by atoms with van der Waals surface area (Å²) in [5, 5.41) is 3.40. The Morgan fingerprint density at radius 1 is 1.31 bits per heavy atom. The van der Waals surface area contributed by atoms with Crippen molar-refractivity contribution in [2.24, 2.45) is 5.92 Å². The molecular formula is C13H19NOS. The van der Waals surface area contributed by atoms with Crippen LogP contribution in [0.2, 0.25) is 0 Å². The molecule has 1 aliphatic rings. The summed E-state index contributed by atoms with van der Waals surface area (Å²) in [6.07, 6.45) is 2.62. The Bertz CT molecular complexity index is 323. The van der Waals surface area contributed by atoms with Crippen LogP contribution in [0.15, 0.2) is 29.2 Å². The third-order valence-electron chi connectivity index (χ3n) is 3.00. The molecule has 88 valence electrons. The molecule has 1 heterocycles. The summed E-state index contributed by atoms with van der Waals surface area (Å²) >= 11 is 1.93. The van der Waals surface area contributed by atoms with Crippen LogP contribution in [-0.2, 0) is 0 Å². The maximum Gasteiger partial charge on any atom is 0.132 e. The van der Waals surface area contributed by atoms with E-state index in [1.165, 1.54) is 36.6 Å². The van der Waals surface area contributed by atoms with Gasteiger partial charge in [0.25, 0.3) is 0 Å². The minimum atomic E-state index is 0.858. The van der Waals surface area contributed by atoms with Crippen molar-refractivity contribution in [3.8, 4) is 5.75 Å². The minimum Gasteiger partial charge on any atom is -0.496 e. The van der Waals surface area contributed by atoms with Gasteiger partial charge in [0.2, 0.25) is 0 Å². The van der Waals surface area contributed by atoms with Crippen LogP contribution in [0.1, 0.15) is 12.8 Å². The zero-order valence-electron chi connectivity index (χ0n) is 9.74. The van der Waals surface area contributed by atoms with Gasteiger partial charge in [-0.1, -0.05) is 12.1 Å². The summed E-state index contributed by atoms with van der Waals surface area (Å²) in [4.78, 5) is 1.27. The fourth-order valence-corrected chi connectivity index (χ4v) is 3.21. The molecule has 0 saturated carbocycles. The number of hydrogen-bond acceptors (Lipinski definition) is 3. The van der Waals surface area contributed by atoms with Gasteiger partial charge in [0, 0.05) is 10.6 Å². The summed E-state index contributed by atoms with van der Waals surface area (Å²) in [5.74, 6) is 3.07. The molecule has 0 radical (unpaired) electrons. The van der Waals surface area contributed by atoms with Gasteiger partial charge in [0.05, 0.1) is 7.11 Å². The minimum absolute atomic E-state index is 0.858. The molecule has 1 aliphatic heterocycles. The van der Waals surface area contributed by atoms with E-state index in [-0.39, 0.29) is 0 Å². The van der Waals surface area contributed by atoms with E-state index in [0.29, 0.717) is 0 Å². The van der Waals surface area contributed by atoms with Crippen LogP contribution in [0.3, 0.4) is 0 Å². The second-order valence-corrected chi connectivity index (χ2v) is 5.22. The maximum absolute atomic E-state index is 5.35. The molecule has 0 bridgehead atoms. The average molecular weight is 237 g/mol. The first-order chi connectivity index (χ1) is 7.90. The number of para-hydroxylation sites is 1. The molecule has 0 spiro atoms. The normalized spacial score (nSPS) is 17.3. The van der Waals surface area contributed by atoms with E-state index in [9.17, 15) is 0 Å². The molecule has 0 unspecified atom stereocenters. The Hall–Kier alpha value is -0.670. The highest BCUT2D eigenvalue weighted by molar-refractivity contribution is 7.99. The van der Waals surface area contributed by atoms with Crippen molar-refractivity contribution in [2.75, 3.05) is 26.0 Å². The van der Waals surface area contributed by atoms with Gasteiger partial charge in [-0.25, -0.2) is 0 Å². The molecule has 0 atom stereocenters. The highest BCUT2D eigenvalue weighted by Crippen LogP contribution is 2.31. The fraction of sp³-hybridized carbons (Fsp3) is 0.538. The number of ether oxygens (including phenoxy) is 1. The molecular weight excluding hydrogens is 218 g/mol. The lowest BCUT2D eigenvalue weighted by Crippen LogP contribution is -2.28. The van der Waals surface area contributed by atoms with Crippen molar-refractivity contribution < 1.29 is 4.74 Å². The predicted molar refractivity (Wildman–Crippen MR) is 69.3 cm³/mol. The highest BCUT2D eigenvalue weighted by atomic mass is 32.2. The molecule has 0 aromatic heterocycles. The van der Waals surface area contributed by atoms with Crippen LogP contribution in [0.5, 0.6) is 5.75 Å². The van der Waals surface area contributed by atoms with E-state index < -0.39 is 0 Å². The summed E-state index contributed by atoms with van der Waals surface area (Å²) in [6, 6.07) is 8.27. The Morgan fingerprint density at radius 3 is 2.81 bits per heavy atom. The first-order valence-corrected chi connectivity index (χ1v) is 6.85. The van der Waals surface area contributed by atoms with Crippen LogP contribution < -0.4 is 10.1 Å². The Morgan fingerprint density at radius 2 is 2.06 bits per heavy atom. The largest absolute Gasteiger partial charge is 0.496 e. The van der Waals surface area contributed by atoms with Gasteiger partial charge in [-0.05, 0) is 44.0 Å². The monoisotopic (exact) mass is 237 g/mol. The van der Waals surface area contributed by atoms with Crippen molar-refractivity contribution in [2.45, 2.75) is 17.7 Å². The van der Waals surface area contributed by atoms with Gasteiger partial charge >= 0.3 is 0 Å². The van der Waals surface area contributed by atoms with Gasteiger partial charge in [-0.2, -0.15) is 0 Å². The van der Waals surface area contributed by atoms with E-state index in [1.807, 2.05) is 23.9 Å². The Balaban J connectivity index is 1.88. The molecule has 0 aliphatic carbocycles. The molecule has 2 rings (SSSR count). The molecule has 2 nitrogen and oxygen atoms in total. The number of piperidine rings is 1. The van der Waals surface area contributed by atoms with Crippen molar-refractivity contribution in [1.29, 1.82) is 0 Å². The van der Waals surface area contributed by atoms with E-state index in [0.717, 1.165) is 11.7 Å². The van der Waals surface area contributed by atoms with Crippen LogP contribution >= 0.6 is 11.8 Å². The summed E-state index contributed by atoms with van der Waals surface area (Å²) in [5.41, 5.74) is 0. The molecule has 16 heavy (non-hydrogen) atoms. The van der Waals surface area contributed by atoms with E-state index in [2.05, 4.69) is 17.4 Å². The molecule has 3 heteroatoms.